The van der Waals surface area contributed by atoms with E-state index in [2.05, 4.69) is 10.4 Å². The summed E-state index contributed by atoms with van der Waals surface area (Å²) in [4.78, 5) is 12.6. The standard InChI is InChI=1S/C17H24N4O3S/c1-12(2)10-18-16(22)15-11-19-20(4)17(15)21(5)25(23,24)14-8-6-13(3)7-9-14/h6-9,11-12H,10H2,1-5H3,(H,18,22). The summed E-state index contributed by atoms with van der Waals surface area (Å²) in [5.41, 5.74) is 1.19. The Morgan fingerprint density at radius 3 is 2.44 bits per heavy atom. The first-order valence-corrected chi connectivity index (χ1v) is 9.44. The van der Waals surface area contributed by atoms with E-state index in [0.717, 1.165) is 9.87 Å². The fourth-order valence-electron chi connectivity index (χ4n) is 2.34. The van der Waals surface area contributed by atoms with E-state index in [9.17, 15) is 13.2 Å². The smallest absolute Gasteiger partial charge is 0.265 e. The highest BCUT2D eigenvalue weighted by Crippen LogP contribution is 2.25. The van der Waals surface area contributed by atoms with Crippen LogP contribution in [-0.4, -0.2) is 37.7 Å². The van der Waals surface area contributed by atoms with Crippen LogP contribution >= 0.6 is 0 Å². The van der Waals surface area contributed by atoms with Crippen LogP contribution in [0, 0.1) is 12.8 Å². The first-order valence-electron chi connectivity index (χ1n) is 8.00. The Morgan fingerprint density at radius 1 is 1.28 bits per heavy atom. The number of hydrogen-bond donors (Lipinski definition) is 1. The fourth-order valence-corrected chi connectivity index (χ4v) is 3.58. The van der Waals surface area contributed by atoms with Crippen molar-refractivity contribution in [1.82, 2.24) is 15.1 Å². The zero-order valence-electron chi connectivity index (χ0n) is 15.1. The van der Waals surface area contributed by atoms with E-state index in [-0.39, 0.29) is 28.1 Å². The van der Waals surface area contributed by atoms with Gasteiger partial charge in [0.05, 0.1) is 11.1 Å². The number of aromatic nitrogens is 2. The molecule has 1 aromatic heterocycles. The molecule has 7 nitrogen and oxygen atoms in total. The van der Waals surface area contributed by atoms with Crippen LogP contribution in [0.1, 0.15) is 29.8 Å². The van der Waals surface area contributed by atoms with E-state index in [1.807, 2.05) is 20.8 Å². The molecule has 0 aliphatic heterocycles. The molecule has 0 saturated carbocycles. The highest BCUT2D eigenvalue weighted by molar-refractivity contribution is 7.92. The molecule has 0 aliphatic rings. The van der Waals surface area contributed by atoms with Crippen LogP contribution in [0.5, 0.6) is 0 Å². The molecule has 0 unspecified atom stereocenters. The van der Waals surface area contributed by atoms with E-state index in [4.69, 9.17) is 0 Å². The monoisotopic (exact) mass is 364 g/mol. The Morgan fingerprint density at radius 2 is 1.88 bits per heavy atom. The summed E-state index contributed by atoms with van der Waals surface area (Å²) in [6.07, 6.45) is 1.38. The summed E-state index contributed by atoms with van der Waals surface area (Å²) in [6.45, 7) is 6.36. The third-order valence-electron chi connectivity index (χ3n) is 3.80. The fraction of sp³-hybridized carbons (Fsp3) is 0.412. The van der Waals surface area contributed by atoms with Gasteiger partial charge in [-0.3, -0.25) is 13.8 Å². The number of hydrogen-bond acceptors (Lipinski definition) is 4. The van der Waals surface area contributed by atoms with Crippen LogP contribution in [0.15, 0.2) is 35.4 Å². The Hall–Kier alpha value is -2.35. The molecular weight excluding hydrogens is 340 g/mol. The lowest BCUT2D eigenvalue weighted by atomic mass is 10.2. The van der Waals surface area contributed by atoms with E-state index in [0.29, 0.717) is 6.54 Å². The molecule has 25 heavy (non-hydrogen) atoms. The van der Waals surface area contributed by atoms with E-state index in [1.165, 1.54) is 17.9 Å². The van der Waals surface area contributed by atoms with Gasteiger partial charge in [-0.05, 0) is 25.0 Å². The van der Waals surface area contributed by atoms with Gasteiger partial charge >= 0.3 is 0 Å². The van der Waals surface area contributed by atoms with Gasteiger partial charge in [0.2, 0.25) is 0 Å². The molecular formula is C17H24N4O3S. The predicted molar refractivity (Wildman–Crippen MR) is 97.1 cm³/mol. The molecule has 2 rings (SSSR count). The number of nitrogens with zero attached hydrogens (tertiary/aromatic N) is 3. The average molecular weight is 364 g/mol. The number of anilines is 1. The minimum absolute atomic E-state index is 0.162. The molecule has 2 aromatic rings. The number of carbonyl (C=O) groups is 1. The van der Waals surface area contributed by atoms with Crippen molar-refractivity contribution in [3.05, 3.63) is 41.6 Å². The zero-order chi connectivity index (χ0) is 18.8. The van der Waals surface area contributed by atoms with Gasteiger partial charge in [-0.1, -0.05) is 31.5 Å². The number of rotatable bonds is 6. The molecule has 0 spiro atoms. The van der Waals surface area contributed by atoms with Crippen molar-refractivity contribution in [2.75, 3.05) is 17.9 Å². The van der Waals surface area contributed by atoms with Crippen molar-refractivity contribution < 1.29 is 13.2 Å². The number of aryl methyl sites for hydroxylation is 2. The van der Waals surface area contributed by atoms with Gasteiger partial charge in [0, 0.05) is 20.6 Å². The molecule has 0 aliphatic carbocycles. The molecule has 1 amide bonds. The van der Waals surface area contributed by atoms with Crippen LogP contribution in [-0.2, 0) is 17.1 Å². The molecule has 1 N–H and O–H groups in total. The van der Waals surface area contributed by atoms with E-state index < -0.39 is 10.0 Å². The third-order valence-corrected chi connectivity index (χ3v) is 5.56. The molecule has 136 valence electrons. The maximum atomic E-state index is 12.9. The van der Waals surface area contributed by atoms with E-state index in [1.54, 1.807) is 31.3 Å². The summed E-state index contributed by atoms with van der Waals surface area (Å²) in [5, 5.41) is 6.85. The molecule has 1 heterocycles. The summed E-state index contributed by atoms with van der Waals surface area (Å²) < 4.78 is 28.3. The van der Waals surface area contributed by atoms with Gasteiger partial charge in [-0.25, -0.2) is 8.42 Å². The number of carbonyl (C=O) groups excluding carboxylic acids is 1. The maximum Gasteiger partial charge on any atom is 0.265 e. The first kappa shape index (κ1) is 19.0. The van der Waals surface area contributed by atoms with Crippen molar-refractivity contribution in [1.29, 1.82) is 0 Å². The van der Waals surface area contributed by atoms with Crippen molar-refractivity contribution in [3.63, 3.8) is 0 Å². The number of benzene rings is 1. The average Bonchev–Trinajstić information content (AvgIpc) is 2.93. The molecule has 0 radical (unpaired) electrons. The quantitative estimate of drug-likeness (QED) is 0.849. The second-order valence-corrected chi connectivity index (χ2v) is 8.36. The van der Waals surface area contributed by atoms with Crippen molar-refractivity contribution in [2.24, 2.45) is 13.0 Å². The summed E-state index contributed by atoms with van der Waals surface area (Å²) in [5.74, 6) is 0.169. The largest absolute Gasteiger partial charge is 0.352 e. The highest BCUT2D eigenvalue weighted by atomic mass is 32.2. The molecule has 0 fully saturated rings. The minimum atomic E-state index is -3.80. The molecule has 0 saturated heterocycles. The molecule has 0 bridgehead atoms. The van der Waals surface area contributed by atoms with Gasteiger partial charge in [-0.15, -0.1) is 0 Å². The lowest BCUT2D eigenvalue weighted by Gasteiger charge is -2.21. The summed E-state index contributed by atoms with van der Waals surface area (Å²) in [6, 6.07) is 6.58. The van der Waals surface area contributed by atoms with Gasteiger partial charge in [0.25, 0.3) is 15.9 Å². The molecule has 1 aromatic carbocycles. The number of amides is 1. The molecule has 0 atom stereocenters. The van der Waals surface area contributed by atoms with Crippen molar-refractivity contribution >= 4 is 21.7 Å². The number of sulfonamides is 1. The van der Waals surface area contributed by atoms with Gasteiger partial charge < -0.3 is 5.32 Å². The lowest BCUT2D eigenvalue weighted by Crippen LogP contribution is -2.32. The van der Waals surface area contributed by atoms with Crippen molar-refractivity contribution in [2.45, 2.75) is 25.7 Å². The Balaban J connectivity index is 2.39. The van der Waals surface area contributed by atoms with Crippen LogP contribution in [0.4, 0.5) is 5.82 Å². The Labute approximate surface area is 148 Å². The third kappa shape index (κ3) is 4.01. The molecule has 8 heteroatoms. The first-order chi connectivity index (χ1) is 11.6. The maximum absolute atomic E-state index is 12.9. The summed E-state index contributed by atoms with van der Waals surface area (Å²) >= 11 is 0. The van der Waals surface area contributed by atoms with Crippen LogP contribution < -0.4 is 9.62 Å². The van der Waals surface area contributed by atoms with Crippen molar-refractivity contribution in [3.8, 4) is 0 Å². The van der Waals surface area contributed by atoms with Gasteiger partial charge in [-0.2, -0.15) is 5.10 Å². The van der Waals surface area contributed by atoms with Gasteiger partial charge in [0.15, 0.2) is 5.82 Å². The topological polar surface area (TPSA) is 84.3 Å². The van der Waals surface area contributed by atoms with Crippen LogP contribution in [0.3, 0.4) is 0 Å². The second kappa shape index (κ2) is 7.26. The summed E-state index contributed by atoms with van der Waals surface area (Å²) in [7, 11) is -0.767. The van der Waals surface area contributed by atoms with Gasteiger partial charge in [0.1, 0.15) is 5.56 Å². The second-order valence-electron chi connectivity index (χ2n) is 6.39. The predicted octanol–water partition coefficient (Wildman–Crippen LogP) is 1.94. The Kier molecular flexibility index (Phi) is 5.52. The lowest BCUT2D eigenvalue weighted by molar-refractivity contribution is 0.0949. The SMILES string of the molecule is Cc1ccc(S(=O)(=O)N(C)c2c(C(=O)NCC(C)C)cnn2C)cc1. The van der Waals surface area contributed by atoms with Crippen LogP contribution in [0.2, 0.25) is 0 Å². The van der Waals surface area contributed by atoms with Crippen LogP contribution in [0.25, 0.3) is 0 Å². The highest BCUT2D eigenvalue weighted by Gasteiger charge is 2.28. The Bertz CT molecular complexity index is 855. The normalized spacial score (nSPS) is 11.6. The zero-order valence-corrected chi connectivity index (χ0v) is 16.0. The minimum Gasteiger partial charge on any atom is -0.352 e. The number of nitrogens with one attached hydrogen (secondary N) is 1. The van der Waals surface area contributed by atoms with E-state index >= 15 is 0 Å².